The van der Waals surface area contributed by atoms with E-state index < -0.39 is 4.92 Å². The van der Waals surface area contributed by atoms with Crippen LogP contribution in [-0.2, 0) is 9.59 Å². The Balaban J connectivity index is 1.97. The van der Waals surface area contributed by atoms with Crippen LogP contribution in [-0.4, -0.2) is 41.3 Å². The van der Waals surface area contributed by atoms with Gasteiger partial charge in [-0.05, 0) is 53.5 Å². The third-order valence-corrected chi connectivity index (χ3v) is 4.79. The standard InChI is InChI=1S/C20H23BrN4O4/c1-3-10-24(12-19(26)22-17-7-5-4-6-14(17)2)13-20(27)23-18-9-8-15(25(28)29)11-16(18)21/h4-9,11H,3,10,12-13H2,1-2H3,(H,22,26)(H,23,27). The Bertz CT molecular complexity index is 904. The van der Waals surface area contributed by atoms with Crippen molar-refractivity contribution in [2.45, 2.75) is 20.3 Å². The third kappa shape index (κ3) is 6.95. The molecule has 0 aliphatic rings. The predicted molar refractivity (Wildman–Crippen MR) is 116 cm³/mol. The van der Waals surface area contributed by atoms with E-state index in [4.69, 9.17) is 0 Å². The van der Waals surface area contributed by atoms with Gasteiger partial charge in [-0.1, -0.05) is 25.1 Å². The van der Waals surface area contributed by atoms with Crippen molar-refractivity contribution in [3.8, 4) is 0 Å². The average molecular weight is 463 g/mol. The zero-order valence-corrected chi connectivity index (χ0v) is 17.9. The number of anilines is 2. The van der Waals surface area contributed by atoms with Crippen LogP contribution in [0.25, 0.3) is 0 Å². The Morgan fingerprint density at radius 3 is 2.24 bits per heavy atom. The number of non-ortho nitro benzene ring substituents is 1. The highest BCUT2D eigenvalue weighted by Gasteiger charge is 2.16. The second-order valence-electron chi connectivity index (χ2n) is 6.54. The molecule has 2 amide bonds. The summed E-state index contributed by atoms with van der Waals surface area (Å²) in [6, 6.07) is 11.6. The van der Waals surface area contributed by atoms with Crippen molar-refractivity contribution < 1.29 is 14.5 Å². The van der Waals surface area contributed by atoms with Crippen molar-refractivity contribution in [3.63, 3.8) is 0 Å². The van der Waals surface area contributed by atoms with Crippen LogP contribution in [0.4, 0.5) is 17.1 Å². The number of halogens is 1. The van der Waals surface area contributed by atoms with Gasteiger partial charge in [0.1, 0.15) is 0 Å². The lowest BCUT2D eigenvalue weighted by Crippen LogP contribution is -2.39. The van der Waals surface area contributed by atoms with Crippen LogP contribution in [0.5, 0.6) is 0 Å². The molecule has 0 atom stereocenters. The van der Waals surface area contributed by atoms with E-state index in [0.717, 1.165) is 17.7 Å². The van der Waals surface area contributed by atoms with Crippen LogP contribution in [0, 0.1) is 17.0 Å². The monoisotopic (exact) mass is 462 g/mol. The van der Waals surface area contributed by atoms with E-state index in [9.17, 15) is 19.7 Å². The fourth-order valence-electron chi connectivity index (χ4n) is 2.75. The molecule has 0 spiro atoms. The van der Waals surface area contributed by atoms with Crippen molar-refractivity contribution in [1.82, 2.24) is 4.90 Å². The number of nitro groups is 1. The topological polar surface area (TPSA) is 105 Å². The second-order valence-corrected chi connectivity index (χ2v) is 7.40. The molecule has 0 radical (unpaired) electrons. The Labute approximate surface area is 177 Å². The van der Waals surface area contributed by atoms with Gasteiger partial charge in [0, 0.05) is 22.3 Å². The fraction of sp³-hybridized carbons (Fsp3) is 0.300. The summed E-state index contributed by atoms with van der Waals surface area (Å²) in [7, 11) is 0. The lowest BCUT2D eigenvalue weighted by Gasteiger charge is -2.21. The van der Waals surface area contributed by atoms with Gasteiger partial charge in [-0.25, -0.2) is 0 Å². The number of carbonyl (C=O) groups excluding carboxylic acids is 2. The second kappa shape index (κ2) is 10.7. The molecule has 0 bridgehead atoms. The number of aryl methyl sites for hydroxylation is 1. The van der Waals surface area contributed by atoms with Gasteiger partial charge in [0.25, 0.3) is 5.69 Å². The summed E-state index contributed by atoms with van der Waals surface area (Å²) in [4.78, 5) is 36.9. The van der Waals surface area contributed by atoms with Crippen LogP contribution >= 0.6 is 15.9 Å². The van der Waals surface area contributed by atoms with Crippen molar-refractivity contribution in [2.24, 2.45) is 0 Å². The molecule has 0 aromatic heterocycles. The molecule has 0 aliphatic heterocycles. The lowest BCUT2D eigenvalue weighted by molar-refractivity contribution is -0.384. The maximum atomic E-state index is 12.4. The highest BCUT2D eigenvalue weighted by molar-refractivity contribution is 9.10. The minimum atomic E-state index is -0.508. The number of benzene rings is 2. The third-order valence-electron chi connectivity index (χ3n) is 4.13. The SMILES string of the molecule is CCCN(CC(=O)Nc1ccccc1C)CC(=O)Nc1ccc([N+](=O)[O-])cc1Br. The van der Waals surface area contributed by atoms with Gasteiger partial charge in [-0.15, -0.1) is 0 Å². The minimum absolute atomic E-state index is 0.0262. The van der Waals surface area contributed by atoms with Crippen LogP contribution in [0.3, 0.4) is 0 Å². The normalized spacial score (nSPS) is 10.6. The van der Waals surface area contributed by atoms with Crippen LogP contribution < -0.4 is 10.6 Å². The van der Waals surface area contributed by atoms with Crippen LogP contribution in [0.15, 0.2) is 46.9 Å². The molecule has 29 heavy (non-hydrogen) atoms. The maximum absolute atomic E-state index is 12.4. The Morgan fingerprint density at radius 1 is 1.07 bits per heavy atom. The summed E-state index contributed by atoms with van der Waals surface area (Å²) < 4.78 is 0.416. The highest BCUT2D eigenvalue weighted by atomic mass is 79.9. The molecule has 0 saturated heterocycles. The van der Waals surface area contributed by atoms with Crippen molar-refractivity contribution in [3.05, 3.63) is 62.6 Å². The lowest BCUT2D eigenvalue weighted by atomic mass is 10.2. The molecule has 8 nitrogen and oxygen atoms in total. The highest BCUT2D eigenvalue weighted by Crippen LogP contribution is 2.27. The van der Waals surface area contributed by atoms with E-state index >= 15 is 0 Å². The van der Waals surface area contributed by atoms with E-state index in [1.165, 1.54) is 18.2 Å². The first kappa shape index (κ1) is 22.5. The van der Waals surface area contributed by atoms with E-state index in [0.29, 0.717) is 16.7 Å². The molecule has 2 aromatic rings. The molecular weight excluding hydrogens is 440 g/mol. The number of amides is 2. The van der Waals surface area contributed by atoms with E-state index in [1.54, 1.807) is 4.90 Å². The first-order chi connectivity index (χ1) is 13.8. The number of hydrogen-bond acceptors (Lipinski definition) is 5. The van der Waals surface area contributed by atoms with Gasteiger partial charge in [-0.3, -0.25) is 24.6 Å². The van der Waals surface area contributed by atoms with Gasteiger partial charge in [0.05, 0.1) is 23.7 Å². The summed E-state index contributed by atoms with van der Waals surface area (Å²) in [6.45, 7) is 4.57. The van der Waals surface area contributed by atoms with Gasteiger partial charge < -0.3 is 10.6 Å². The number of nitrogens with one attached hydrogen (secondary N) is 2. The average Bonchev–Trinajstić information content (AvgIpc) is 2.65. The van der Waals surface area contributed by atoms with E-state index in [2.05, 4.69) is 26.6 Å². The number of para-hydroxylation sites is 1. The molecule has 154 valence electrons. The van der Waals surface area contributed by atoms with Gasteiger partial charge in [0.2, 0.25) is 11.8 Å². The molecule has 2 N–H and O–H groups in total. The summed E-state index contributed by atoms with van der Waals surface area (Å²) in [5.74, 6) is -0.506. The van der Waals surface area contributed by atoms with E-state index in [-0.39, 0.29) is 30.6 Å². The number of nitrogens with zero attached hydrogens (tertiary/aromatic N) is 2. The summed E-state index contributed by atoms with van der Waals surface area (Å²) >= 11 is 3.23. The Hall–Kier alpha value is -2.78. The fourth-order valence-corrected chi connectivity index (χ4v) is 3.21. The van der Waals surface area contributed by atoms with Gasteiger partial charge >= 0.3 is 0 Å². The zero-order chi connectivity index (χ0) is 21.4. The first-order valence-corrected chi connectivity index (χ1v) is 9.91. The quantitative estimate of drug-likeness (QED) is 0.433. The smallest absolute Gasteiger partial charge is 0.270 e. The minimum Gasteiger partial charge on any atom is -0.325 e. The number of carbonyl (C=O) groups is 2. The molecule has 0 heterocycles. The molecule has 0 saturated carbocycles. The molecule has 0 fully saturated rings. The van der Waals surface area contributed by atoms with Crippen LogP contribution in [0.1, 0.15) is 18.9 Å². The van der Waals surface area contributed by atoms with Crippen molar-refractivity contribution >= 4 is 44.8 Å². The number of rotatable bonds is 9. The number of hydrogen-bond donors (Lipinski definition) is 2. The Kier molecular flexibility index (Phi) is 8.29. The predicted octanol–water partition coefficient (Wildman–Crippen LogP) is 3.95. The molecular formula is C20H23BrN4O4. The summed E-state index contributed by atoms with van der Waals surface area (Å²) in [5, 5.41) is 16.4. The molecule has 2 aromatic carbocycles. The van der Waals surface area contributed by atoms with Crippen molar-refractivity contribution in [2.75, 3.05) is 30.3 Å². The zero-order valence-electron chi connectivity index (χ0n) is 16.3. The summed E-state index contributed by atoms with van der Waals surface area (Å²) in [5.41, 5.74) is 2.06. The molecule has 2 rings (SSSR count). The molecule has 0 unspecified atom stereocenters. The van der Waals surface area contributed by atoms with Crippen LogP contribution in [0.2, 0.25) is 0 Å². The molecule has 9 heteroatoms. The Morgan fingerprint density at radius 2 is 1.69 bits per heavy atom. The molecule has 0 aliphatic carbocycles. The maximum Gasteiger partial charge on any atom is 0.270 e. The summed E-state index contributed by atoms with van der Waals surface area (Å²) in [6.07, 6.45) is 0.784. The van der Waals surface area contributed by atoms with Gasteiger partial charge in [0.15, 0.2) is 0 Å². The number of nitro benzene ring substituents is 1. The van der Waals surface area contributed by atoms with Crippen molar-refractivity contribution in [1.29, 1.82) is 0 Å². The largest absolute Gasteiger partial charge is 0.325 e. The first-order valence-electron chi connectivity index (χ1n) is 9.11. The van der Waals surface area contributed by atoms with E-state index in [1.807, 2.05) is 38.1 Å². The van der Waals surface area contributed by atoms with Gasteiger partial charge in [-0.2, -0.15) is 0 Å².